The summed E-state index contributed by atoms with van der Waals surface area (Å²) in [5.74, 6) is -0.370. The maximum absolute atomic E-state index is 11.9. The van der Waals surface area contributed by atoms with Gasteiger partial charge >= 0.3 is 0 Å². The van der Waals surface area contributed by atoms with Gasteiger partial charge in [-0.25, -0.2) is 0 Å². The predicted molar refractivity (Wildman–Crippen MR) is 65.4 cm³/mol. The van der Waals surface area contributed by atoms with Crippen molar-refractivity contribution < 1.29 is 14.8 Å². The van der Waals surface area contributed by atoms with Crippen LogP contribution in [0.3, 0.4) is 0 Å². The van der Waals surface area contributed by atoms with Crippen LogP contribution in [0.4, 0.5) is 5.69 Å². The molecule has 0 saturated carbocycles. The van der Waals surface area contributed by atoms with Crippen LogP contribution in [0.2, 0.25) is 0 Å². The number of carbonyl (C=O) groups excluding carboxylic acids is 1. The zero-order chi connectivity index (χ0) is 13.7. The van der Waals surface area contributed by atoms with Crippen molar-refractivity contribution in [1.82, 2.24) is 9.88 Å². The Morgan fingerprint density at radius 3 is 2.83 bits per heavy atom. The van der Waals surface area contributed by atoms with Gasteiger partial charge in [-0.1, -0.05) is 0 Å². The molecule has 100 valence electrons. The van der Waals surface area contributed by atoms with Crippen LogP contribution < -0.4 is 5.32 Å². The van der Waals surface area contributed by atoms with Crippen LogP contribution in [0.1, 0.15) is 30.8 Å². The second kappa shape index (κ2) is 6.15. The third kappa shape index (κ3) is 3.30. The van der Waals surface area contributed by atoms with Gasteiger partial charge in [0, 0.05) is 25.3 Å². The Hall–Kier alpha value is -1.89. The largest absolute Gasteiger partial charge is 0.396 e. The van der Waals surface area contributed by atoms with Crippen molar-refractivity contribution in [3.8, 4) is 0 Å². The minimum absolute atomic E-state index is 0.0175. The van der Waals surface area contributed by atoms with Gasteiger partial charge < -0.3 is 15.0 Å². The van der Waals surface area contributed by atoms with Gasteiger partial charge in [0.1, 0.15) is 5.69 Å². The molecule has 1 rings (SSSR count). The van der Waals surface area contributed by atoms with Gasteiger partial charge in [0.15, 0.2) is 0 Å². The van der Waals surface area contributed by atoms with Crippen LogP contribution in [-0.2, 0) is 6.54 Å². The number of rotatable bonds is 6. The Labute approximate surface area is 105 Å². The van der Waals surface area contributed by atoms with Gasteiger partial charge in [0.2, 0.25) is 0 Å². The molecule has 1 amide bonds. The van der Waals surface area contributed by atoms with E-state index in [-0.39, 0.29) is 29.9 Å². The molecule has 0 aliphatic heterocycles. The average molecular weight is 255 g/mol. The first-order valence-electron chi connectivity index (χ1n) is 5.75. The highest BCUT2D eigenvalue weighted by Gasteiger charge is 2.19. The molecule has 0 aromatic carbocycles. The van der Waals surface area contributed by atoms with E-state index in [9.17, 15) is 14.9 Å². The van der Waals surface area contributed by atoms with Gasteiger partial charge in [-0.2, -0.15) is 0 Å². The molecule has 0 radical (unpaired) electrons. The van der Waals surface area contributed by atoms with E-state index in [0.29, 0.717) is 13.0 Å². The maximum Gasteiger partial charge on any atom is 0.287 e. The topological polar surface area (TPSA) is 97.4 Å². The number of aromatic nitrogens is 1. The minimum Gasteiger partial charge on any atom is -0.396 e. The Bertz CT molecular complexity index is 441. The first-order valence-corrected chi connectivity index (χ1v) is 5.75. The molecule has 1 atom stereocenters. The van der Waals surface area contributed by atoms with Crippen LogP contribution in [0.5, 0.6) is 0 Å². The van der Waals surface area contributed by atoms with Crippen molar-refractivity contribution in [2.45, 2.75) is 32.9 Å². The summed E-state index contributed by atoms with van der Waals surface area (Å²) in [6, 6.07) is 1.08. The highest BCUT2D eigenvalue weighted by molar-refractivity contribution is 5.93. The lowest BCUT2D eigenvalue weighted by atomic mass is 10.2. The first-order chi connectivity index (χ1) is 8.49. The highest BCUT2D eigenvalue weighted by Crippen LogP contribution is 2.16. The van der Waals surface area contributed by atoms with Gasteiger partial charge in [-0.15, -0.1) is 0 Å². The molecule has 0 fully saturated rings. The summed E-state index contributed by atoms with van der Waals surface area (Å²) < 4.78 is 1.53. The Morgan fingerprint density at radius 1 is 1.67 bits per heavy atom. The van der Waals surface area contributed by atoms with Crippen molar-refractivity contribution in [1.29, 1.82) is 0 Å². The Morgan fingerprint density at radius 2 is 2.33 bits per heavy atom. The van der Waals surface area contributed by atoms with E-state index in [1.54, 1.807) is 13.8 Å². The van der Waals surface area contributed by atoms with Gasteiger partial charge in [-0.3, -0.25) is 14.9 Å². The van der Waals surface area contributed by atoms with E-state index >= 15 is 0 Å². The van der Waals surface area contributed by atoms with Crippen LogP contribution in [0.25, 0.3) is 0 Å². The highest BCUT2D eigenvalue weighted by atomic mass is 16.6. The fourth-order valence-corrected chi connectivity index (χ4v) is 1.61. The van der Waals surface area contributed by atoms with E-state index in [1.165, 1.54) is 16.8 Å². The summed E-state index contributed by atoms with van der Waals surface area (Å²) in [5, 5.41) is 22.1. The molecule has 0 spiro atoms. The number of nitrogens with one attached hydrogen (secondary N) is 1. The Balaban J connectivity index is 2.87. The number of aliphatic hydroxyl groups excluding tert-OH is 1. The summed E-state index contributed by atoms with van der Waals surface area (Å²) in [6.07, 6.45) is 1.78. The molecule has 7 heteroatoms. The predicted octanol–water partition coefficient (Wildman–Crippen LogP) is 0.917. The van der Waals surface area contributed by atoms with Crippen LogP contribution >= 0.6 is 0 Å². The third-order valence-electron chi connectivity index (χ3n) is 2.61. The molecule has 1 aromatic rings. The molecule has 1 aromatic heterocycles. The normalized spacial score (nSPS) is 12.2. The van der Waals surface area contributed by atoms with E-state index in [2.05, 4.69) is 5.32 Å². The fourth-order valence-electron chi connectivity index (χ4n) is 1.61. The van der Waals surface area contributed by atoms with E-state index in [0.717, 1.165) is 0 Å². The summed E-state index contributed by atoms with van der Waals surface area (Å²) in [7, 11) is 0. The van der Waals surface area contributed by atoms with Gasteiger partial charge in [0.25, 0.3) is 11.6 Å². The van der Waals surface area contributed by atoms with Crippen molar-refractivity contribution in [2.75, 3.05) is 6.61 Å². The summed E-state index contributed by atoms with van der Waals surface area (Å²) in [6.45, 7) is 4.03. The molecule has 18 heavy (non-hydrogen) atoms. The first kappa shape index (κ1) is 14.2. The number of amides is 1. The van der Waals surface area contributed by atoms with Crippen molar-refractivity contribution >= 4 is 11.6 Å². The third-order valence-corrected chi connectivity index (χ3v) is 2.61. The fraction of sp³-hybridized carbons (Fsp3) is 0.545. The molecule has 2 N–H and O–H groups in total. The summed E-state index contributed by atoms with van der Waals surface area (Å²) >= 11 is 0. The number of hydrogen-bond acceptors (Lipinski definition) is 4. The number of aryl methyl sites for hydroxylation is 1. The lowest BCUT2D eigenvalue weighted by Gasteiger charge is -2.13. The lowest BCUT2D eigenvalue weighted by Crippen LogP contribution is -2.34. The standard InChI is InChI=1S/C11H17N3O4/c1-3-13-7-9(14(17)18)6-10(13)11(16)12-8(2)4-5-15/h6-8,15H,3-5H2,1-2H3,(H,12,16). The second-order valence-electron chi connectivity index (χ2n) is 4.01. The molecule has 0 aliphatic carbocycles. The van der Waals surface area contributed by atoms with Crippen LogP contribution in [0.15, 0.2) is 12.3 Å². The molecular weight excluding hydrogens is 238 g/mol. The number of hydrogen-bond donors (Lipinski definition) is 2. The van der Waals surface area contributed by atoms with Crippen LogP contribution in [0, 0.1) is 10.1 Å². The molecule has 0 saturated heterocycles. The number of nitro groups is 1. The summed E-state index contributed by atoms with van der Waals surface area (Å²) in [4.78, 5) is 22.0. The average Bonchev–Trinajstić information content (AvgIpc) is 2.73. The van der Waals surface area contributed by atoms with Crippen LogP contribution in [-0.4, -0.2) is 33.2 Å². The quantitative estimate of drug-likeness (QED) is 0.583. The number of carbonyl (C=O) groups is 1. The summed E-state index contributed by atoms with van der Waals surface area (Å²) in [5.41, 5.74) is 0.158. The van der Waals surface area contributed by atoms with Gasteiger partial charge in [0.05, 0.1) is 11.1 Å². The number of aliphatic hydroxyl groups is 1. The second-order valence-corrected chi connectivity index (χ2v) is 4.01. The Kier molecular flexibility index (Phi) is 4.85. The van der Waals surface area contributed by atoms with E-state index in [4.69, 9.17) is 5.11 Å². The maximum atomic E-state index is 11.9. The zero-order valence-corrected chi connectivity index (χ0v) is 10.4. The van der Waals surface area contributed by atoms with E-state index in [1.807, 2.05) is 0 Å². The smallest absolute Gasteiger partial charge is 0.287 e. The molecule has 1 unspecified atom stereocenters. The number of nitrogens with zero attached hydrogens (tertiary/aromatic N) is 2. The molecule has 7 nitrogen and oxygen atoms in total. The van der Waals surface area contributed by atoms with Crippen molar-refractivity contribution in [3.63, 3.8) is 0 Å². The van der Waals surface area contributed by atoms with E-state index < -0.39 is 4.92 Å². The molecule has 1 heterocycles. The van der Waals surface area contributed by atoms with Gasteiger partial charge in [-0.05, 0) is 20.3 Å². The molecule has 0 bridgehead atoms. The zero-order valence-electron chi connectivity index (χ0n) is 10.4. The van der Waals surface area contributed by atoms with Crippen molar-refractivity contribution in [3.05, 3.63) is 28.1 Å². The SMILES string of the molecule is CCn1cc([N+](=O)[O-])cc1C(=O)NC(C)CCO. The van der Waals surface area contributed by atoms with Crippen molar-refractivity contribution in [2.24, 2.45) is 0 Å². The lowest BCUT2D eigenvalue weighted by molar-refractivity contribution is -0.384. The monoisotopic (exact) mass is 255 g/mol. The molecule has 0 aliphatic rings. The minimum atomic E-state index is -0.528. The molecular formula is C11H17N3O4.